The highest BCUT2D eigenvalue weighted by Gasteiger charge is 2.37. The lowest BCUT2D eigenvalue weighted by Gasteiger charge is -2.48. The fourth-order valence-corrected chi connectivity index (χ4v) is 7.68. The largest absolute Gasteiger partial charge is 0.494 e. The fraction of sp³-hybridized carbons (Fsp3) is 0.636. The minimum absolute atomic E-state index is 0.0453. The van der Waals surface area contributed by atoms with E-state index in [1.165, 1.54) is 30.9 Å². The summed E-state index contributed by atoms with van der Waals surface area (Å²) in [6, 6.07) is 9.06. The van der Waals surface area contributed by atoms with Crippen LogP contribution in [-0.2, 0) is 9.05 Å². The van der Waals surface area contributed by atoms with E-state index in [1.54, 1.807) is 7.11 Å². The molecule has 0 radical (unpaired) electrons. The molecule has 1 aliphatic heterocycles. The Labute approximate surface area is 270 Å². The predicted octanol–water partition coefficient (Wildman–Crippen LogP) is 9.69. The van der Waals surface area contributed by atoms with Crippen molar-refractivity contribution in [2.24, 2.45) is 10.2 Å². The summed E-state index contributed by atoms with van der Waals surface area (Å²) in [5.41, 5.74) is 3.21. The second kappa shape index (κ2) is 16.6. The van der Waals surface area contributed by atoms with Crippen molar-refractivity contribution in [2.75, 3.05) is 38.9 Å². The molecule has 12 heteroatoms. The number of fused-ring (bicyclic) bond motifs is 1. The molecule has 0 aliphatic carbocycles. The number of nitro groups is 1. The molecule has 0 fully saturated rings. The van der Waals surface area contributed by atoms with Crippen LogP contribution in [0.5, 0.6) is 11.5 Å². The maximum absolute atomic E-state index is 11.2. The first-order valence-corrected chi connectivity index (χ1v) is 17.1. The number of ether oxygens (including phenoxy) is 2. The van der Waals surface area contributed by atoms with Gasteiger partial charge in [-0.25, -0.2) is 4.67 Å². The highest BCUT2D eigenvalue weighted by molar-refractivity contribution is 7.44. The van der Waals surface area contributed by atoms with Crippen LogP contribution in [0.1, 0.15) is 92.6 Å². The highest BCUT2D eigenvalue weighted by atomic mass is 31.2. The first-order chi connectivity index (χ1) is 21.3. The van der Waals surface area contributed by atoms with Crippen molar-refractivity contribution in [2.45, 2.75) is 105 Å². The van der Waals surface area contributed by atoms with Crippen LogP contribution in [0.15, 0.2) is 40.6 Å². The molecular weight excluding hydrogens is 593 g/mol. The van der Waals surface area contributed by atoms with Gasteiger partial charge in [0, 0.05) is 42.0 Å². The third kappa shape index (κ3) is 9.35. The topological polar surface area (TPSA) is 111 Å². The zero-order chi connectivity index (χ0) is 33.3. The van der Waals surface area contributed by atoms with Crippen LogP contribution in [0.2, 0.25) is 0 Å². The molecular formula is C33H52N5O6P. The quantitative estimate of drug-likeness (QED) is 0.0550. The van der Waals surface area contributed by atoms with E-state index >= 15 is 0 Å². The van der Waals surface area contributed by atoms with E-state index in [0.29, 0.717) is 48.3 Å². The summed E-state index contributed by atoms with van der Waals surface area (Å²) in [7, 11) is 1.98. The van der Waals surface area contributed by atoms with E-state index in [2.05, 4.69) is 87.3 Å². The number of hydrogen-bond donors (Lipinski definition) is 0. The van der Waals surface area contributed by atoms with Gasteiger partial charge in [-0.3, -0.25) is 10.1 Å². The number of nitrogens with zero attached hydrogens (tertiary/aromatic N) is 5. The van der Waals surface area contributed by atoms with Gasteiger partial charge in [0.15, 0.2) is 5.75 Å². The maximum atomic E-state index is 11.2. The van der Waals surface area contributed by atoms with E-state index in [4.69, 9.17) is 18.5 Å². The number of unbranched alkanes of at least 4 members (excludes halogenated alkanes) is 1. The zero-order valence-corrected chi connectivity index (χ0v) is 29.6. The van der Waals surface area contributed by atoms with Crippen LogP contribution < -0.4 is 14.4 Å². The Morgan fingerprint density at radius 1 is 1.00 bits per heavy atom. The number of methoxy groups -OCH3 is 2. The van der Waals surface area contributed by atoms with Gasteiger partial charge in [0.25, 0.3) is 14.2 Å². The number of non-ortho nitro benzene ring substituents is 1. The summed E-state index contributed by atoms with van der Waals surface area (Å²) in [5, 5.41) is 20.0. The van der Waals surface area contributed by atoms with Gasteiger partial charge in [-0.1, -0.05) is 13.8 Å². The standard InChI is InChI=1S/C33H52N5O6P/c1-11-17-43-45(37(23(2)3)24(4)5)44-18-13-12-16-36-30-21-32(42-10)29(20-27(30)25(6)22-33(36,7)8)35-34-28-15-14-26(38(39)40)19-31(28)41-9/h14-15,19-21,23-25H,11-13,16-18,22H2,1-10H3/b35-34+. The second-order valence-electron chi connectivity index (χ2n) is 12.6. The van der Waals surface area contributed by atoms with Gasteiger partial charge in [-0.05, 0) is 90.8 Å². The molecule has 2 aromatic rings. The van der Waals surface area contributed by atoms with Gasteiger partial charge in [-0.15, -0.1) is 10.2 Å². The molecule has 0 aromatic heterocycles. The van der Waals surface area contributed by atoms with Gasteiger partial charge in [0.1, 0.15) is 17.1 Å². The van der Waals surface area contributed by atoms with Crippen LogP contribution in [0.25, 0.3) is 0 Å². The van der Waals surface area contributed by atoms with Crippen molar-refractivity contribution in [1.29, 1.82) is 0 Å². The zero-order valence-electron chi connectivity index (χ0n) is 28.7. The molecule has 0 saturated carbocycles. The van der Waals surface area contributed by atoms with E-state index in [-0.39, 0.29) is 17.0 Å². The normalized spacial score (nSPS) is 16.9. The van der Waals surface area contributed by atoms with Gasteiger partial charge < -0.3 is 23.4 Å². The Bertz CT molecular complexity index is 1300. The molecule has 2 aromatic carbocycles. The number of anilines is 1. The van der Waals surface area contributed by atoms with Crippen LogP contribution in [0, 0.1) is 10.1 Å². The minimum atomic E-state index is -1.10. The van der Waals surface area contributed by atoms with Crippen molar-refractivity contribution < 1.29 is 23.4 Å². The van der Waals surface area contributed by atoms with Crippen molar-refractivity contribution >= 4 is 31.3 Å². The van der Waals surface area contributed by atoms with Crippen LogP contribution >= 0.6 is 8.53 Å². The van der Waals surface area contributed by atoms with Crippen LogP contribution in [-0.4, -0.2) is 61.2 Å². The van der Waals surface area contributed by atoms with E-state index < -0.39 is 13.4 Å². The summed E-state index contributed by atoms with van der Waals surface area (Å²) in [6.07, 6.45) is 3.85. The number of hydrogen-bond acceptors (Lipinski definition) is 10. The summed E-state index contributed by atoms with van der Waals surface area (Å²) in [5.74, 6) is 1.19. The second-order valence-corrected chi connectivity index (χ2v) is 14.1. The Hall–Kier alpha value is -2.85. The van der Waals surface area contributed by atoms with Gasteiger partial charge >= 0.3 is 0 Å². The molecule has 2 atom stereocenters. The Balaban J connectivity index is 1.78. The summed E-state index contributed by atoms with van der Waals surface area (Å²) < 4.78 is 26.0. The van der Waals surface area contributed by atoms with E-state index in [9.17, 15) is 10.1 Å². The number of nitro benzene ring substituents is 1. The molecule has 0 spiro atoms. The first kappa shape index (κ1) is 36.6. The van der Waals surface area contributed by atoms with Gasteiger partial charge in [0.05, 0.1) is 38.4 Å². The molecule has 1 aliphatic rings. The molecule has 0 amide bonds. The van der Waals surface area contributed by atoms with Crippen LogP contribution in [0.3, 0.4) is 0 Å². The molecule has 45 heavy (non-hydrogen) atoms. The van der Waals surface area contributed by atoms with E-state index in [1.807, 2.05) is 0 Å². The van der Waals surface area contributed by atoms with Crippen molar-refractivity contribution in [3.63, 3.8) is 0 Å². The predicted molar refractivity (Wildman–Crippen MR) is 182 cm³/mol. The Kier molecular flexibility index (Phi) is 13.5. The minimum Gasteiger partial charge on any atom is -0.494 e. The highest BCUT2D eigenvalue weighted by Crippen LogP contribution is 2.49. The van der Waals surface area contributed by atoms with Gasteiger partial charge in [-0.2, -0.15) is 0 Å². The fourth-order valence-electron chi connectivity index (χ4n) is 5.96. The lowest BCUT2D eigenvalue weighted by Crippen LogP contribution is -2.48. The third-order valence-corrected chi connectivity index (χ3v) is 10.1. The molecule has 250 valence electrons. The lowest BCUT2D eigenvalue weighted by atomic mass is 9.79. The molecule has 0 saturated heterocycles. The number of rotatable bonds is 17. The number of azo groups is 1. The van der Waals surface area contributed by atoms with Crippen molar-refractivity contribution in [1.82, 2.24) is 4.67 Å². The third-order valence-electron chi connectivity index (χ3n) is 7.96. The number of benzene rings is 2. The van der Waals surface area contributed by atoms with Gasteiger partial charge in [0.2, 0.25) is 0 Å². The average molecular weight is 646 g/mol. The first-order valence-electron chi connectivity index (χ1n) is 15.9. The molecule has 1 heterocycles. The summed E-state index contributed by atoms with van der Waals surface area (Å²) in [6.45, 7) is 20.0. The monoisotopic (exact) mass is 645 g/mol. The summed E-state index contributed by atoms with van der Waals surface area (Å²) >= 11 is 0. The smallest absolute Gasteiger partial charge is 0.273 e. The molecule has 11 nitrogen and oxygen atoms in total. The van der Waals surface area contributed by atoms with Crippen molar-refractivity contribution in [3.05, 3.63) is 46.0 Å². The molecule has 2 unspecified atom stereocenters. The van der Waals surface area contributed by atoms with E-state index in [0.717, 1.165) is 37.9 Å². The molecule has 3 rings (SSSR count). The van der Waals surface area contributed by atoms with Crippen molar-refractivity contribution in [3.8, 4) is 11.5 Å². The molecule has 0 bridgehead atoms. The Morgan fingerprint density at radius 3 is 2.22 bits per heavy atom. The Morgan fingerprint density at radius 2 is 1.62 bits per heavy atom. The lowest BCUT2D eigenvalue weighted by molar-refractivity contribution is -0.384. The SMILES string of the molecule is CCCOP(OCCCCN1c2cc(OC)c(/N=N/c3ccc([N+](=O)[O-])cc3OC)cc2C(C)CC1(C)C)N(C(C)C)C(C)C. The summed E-state index contributed by atoms with van der Waals surface area (Å²) in [4.78, 5) is 13.2. The van der Waals surface area contributed by atoms with Crippen LogP contribution in [0.4, 0.5) is 22.7 Å². The average Bonchev–Trinajstić information content (AvgIpc) is 2.98. The molecule has 0 N–H and O–H groups in total. The maximum Gasteiger partial charge on any atom is 0.273 e.